The van der Waals surface area contributed by atoms with Gasteiger partial charge in [-0.2, -0.15) is 0 Å². The first-order chi connectivity index (χ1) is 17.7. The summed E-state index contributed by atoms with van der Waals surface area (Å²) in [6.07, 6.45) is 10.9. The maximum absolute atomic E-state index is 14.5. The fourth-order valence-electron chi connectivity index (χ4n) is 7.60. The average Bonchev–Trinajstić information content (AvgIpc) is 2.96. The van der Waals surface area contributed by atoms with Crippen LogP contribution in [-0.4, -0.2) is 34.9 Å². The van der Waals surface area contributed by atoms with E-state index in [9.17, 15) is 4.79 Å². The van der Waals surface area contributed by atoms with E-state index in [4.69, 9.17) is 0 Å². The van der Waals surface area contributed by atoms with Crippen molar-refractivity contribution in [3.05, 3.63) is 78.0 Å². The van der Waals surface area contributed by atoms with Crippen LogP contribution in [0.5, 0.6) is 0 Å². The third-order valence-electron chi connectivity index (χ3n) is 9.62. The Labute approximate surface area is 215 Å². The largest absolute Gasteiger partial charge is 0.347 e. The molecule has 4 heterocycles. The van der Waals surface area contributed by atoms with Gasteiger partial charge in [0.05, 0.1) is 17.0 Å². The molecule has 7 rings (SSSR count). The highest BCUT2D eigenvalue weighted by Gasteiger charge is 2.46. The topological polar surface area (TPSA) is 45.2 Å². The van der Waals surface area contributed by atoms with Crippen molar-refractivity contribution in [1.29, 1.82) is 0 Å². The lowest BCUT2D eigenvalue weighted by Gasteiger charge is -2.52. The Morgan fingerprint density at radius 3 is 2.58 bits per heavy atom. The third kappa shape index (κ3) is 4.14. The van der Waals surface area contributed by atoms with E-state index in [1.165, 1.54) is 36.8 Å². The number of amides is 1. The van der Waals surface area contributed by atoms with Crippen molar-refractivity contribution < 1.29 is 4.79 Å². The summed E-state index contributed by atoms with van der Waals surface area (Å²) in [6.45, 7) is 4.64. The standard InChI is InChI=1S/C32H39N3O/c1-2-23-22-35-20-16-24(23)21-29(35)30(27-15-19-33-28-14-8-7-13-26(27)28)34-31(36)32(17-9-4-10-18-32)25-11-5-3-6-12-25/h3,5-8,11-15,19,23-24,29-30H,2,4,9-10,16-18,20-22H2,1H3,(H,34,36)/t23-,24-,29+,30+/m0/s1. The molecular weight excluding hydrogens is 442 g/mol. The van der Waals surface area contributed by atoms with Gasteiger partial charge in [-0.05, 0) is 67.3 Å². The molecule has 0 spiro atoms. The SMILES string of the molecule is CC[C@H]1CN2CC[C@H]1C[C@@H]2[C@H](NC(=O)C1(c2ccccc2)CCCCC1)c1ccnc2ccccc12. The third-order valence-corrected chi connectivity index (χ3v) is 9.62. The first kappa shape index (κ1) is 23.7. The maximum atomic E-state index is 14.5. The number of hydrogen-bond acceptors (Lipinski definition) is 3. The number of nitrogens with one attached hydrogen (secondary N) is 1. The number of rotatable bonds is 6. The molecule has 1 aliphatic carbocycles. The molecule has 1 unspecified atom stereocenters. The first-order valence-corrected chi connectivity index (χ1v) is 14.1. The fourth-order valence-corrected chi connectivity index (χ4v) is 7.60. The normalized spacial score (nSPS) is 28.0. The zero-order valence-electron chi connectivity index (χ0n) is 21.5. The smallest absolute Gasteiger partial charge is 0.231 e. The molecule has 0 radical (unpaired) electrons. The summed E-state index contributed by atoms with van der Waals surface area (Å²) in [6, 6.07) is 21.4. The Morgan fingerprint density at radius 2 is 1.83 bits per heavy atom. The summed E-state index contributed by atoms with van der Waals surface area (Å²) >= 11 is 0. The number of piperidine rings is 3. The van der Waals surface area contributed by atoms with Crippen LogP contribution >= 0.6 is 0 Å². The predicted octanol–water partition coefficient (Wildman–Crippen LogP) is 6.41. The van der Waals surface area contributed by atoms with E-state index >= 15 is 0 Å². The Morgan fingerprint density at radius 1 is 1.06 bits per heavy atom. The number of nitrogens with zero attached hydrogens (tertiary/aromatic N) is 2. The molecule has 4 aliphatic rings. The highest BCUT2D eigenvalue weighted by molar-refractivity contribution is 5.90. The van der Waals surface area contributed by atoms with Crippen LogP contribution in [0.2, 0.25) is 0 Å². The molecule has 2 bridgehead atoms. The molecule has 188 valence electrons. The summed E-state index contributed by atoms with van der Waals surface area (Å²) < 4.78 is 0. The van der Waals surface area contributed by atoms with Crippen LogP contribution in [0.15, 0.2) is 66.9 Å². The Kier molecular flexibility index (Phi) is 6.55. The lowest BCUT2D eigenvalue weighted by atomic mass is 9.68. The summed E-state index contributed by atoms with van der Waals surface area (Å²) in [5.41, 5.74) is 2.97. The number of benzene rings is 2. The van der Waals surface area contributed by atoms with Gasteiger partial charge in [-0.15, -0.1) is 0 Å². The van der Waals surface area contributed by atoms with Gasteiger partial charge in [0.1, 0.15) is 0 Å². The van der Waals surface area contributed by atoms with Crippen molar-refractivity contribution in [3.8, 4) is 0 Å². The van der Waals surface area contributed by atoms with E-state index in [2.05, 4.69) is 82.8 Å². The highest BCUT2D eigenvalue weighted by Crippen LogP contribution is 2.44. The van der Waals surface area contributed by atoms with Gasteiger partial charge in [0, 0.05) is 24.2 Å². The number of aromatic nitrogens is 1. The van der Waals surface area contributed by atoms with Crippen LogP contribution < -0.4 is 5.32 Å². The van der Waals surface area contributed by atoms with E-state index in [-0.39, 0.29) is 11.9 Å². The molecule has 4 nitrogen and oxygen atoms in total. The lowest BCUT2D eigenvalue weighted by Crippen LogP contribution is -2.59. The molecule has 3 aliphatic heterocycles. The zero-order valence-corrected chi connectivity index (χ0v) is 21.5. The number of para-hydroxylation sites is 1. The summed E-state index contributed by atoms with van der Waals surface area (Å²) in [5.74, 6) is 1.76. The highest BCUT2D eigenvalue weighted by atomic mass is 16.2. The second kappa shape index (κ2) is 9.97. The quantitative estimate of drug-likeness (QED) is 0.442. The lowest BCUT2D eigenvalue weighted by molar-refractivity contribution is -0.130. The van der Waals surface area contributed by atoms with Crippen LogP contribution in [0, 0.1) is 11.8 Å². The van der Waals surface area contributed by atoms with Crippen LogP contribution in [0.4, 0.5) is 0 Å². The summed E-state index contributed by atoms with van der Waals surface area (Å²) in [5, 5.41) is 4.88. The minimum atomic E-state index is -0.435. The molecule has 2 aromatic carbocycles. The Hall–Kier alpha value is -2.72. The van der Waals surface area contributed by atoms with Crippen LogP contribution in [-0.2, 0) is 10.2 Å². The van der Waals surface area contributed by atoms with Gasteiger partial charge in [-0.1, -0.05) is 81.1 Å². The predicted molar refractivity (Wildman–Crippen MR) is 146 cm³/mol. The molecule has 5 atom stereocenters. The number of carbonyl (C=O) groups is 1. The average molecular weight is 482 g/mol. The van der Waals surface area contributed by atoms with Crippen molar-refractivity contribution in [2.45, 2.75) is 75.8 Å². The summed E-state index contributed by atoms with van der Waals surface area (Å²) in [4.78, 5) is 21.8. The number of hydrogen-bond donors (Lipinski definition) is 1. The molecule has 1 saturated carbocycles. The van der Waals surface area contributed by atoms with Crippen LogP contribution in [0.25, 0.3) is 10.9 Å². The van der Waals surface area contributed by atoms with E-state index in [1.54, 1.807) is 0 Å². The minimum Gasteiger partial charge on any atom is -0.347 e. The van der Waals surface area contributed by atoms with Gasteiger partial charge in [-0.25, -0.2) is 0 Å². The van der Waals surface area contributed by atoms with E-state index < -0.39 is 5.41 Å². The van der Waals surface area contributed by atoms with Crippen molar-refractivity contribution in [2.75, 3.05) is 13.1 Å². The number of fused-ring (bicyclic) bond motifs is 4. The van der Waals surface area contributed by atoms with Crippen molar-refractivity contribution in [1.82, 2.24) is 15.2 Å². The minimum absolute atomic E-state index is 0.0338. The second-order valence-corrected chi connectivity index (χ2v) is 11.4. The molecule has 4 heteroatoms. The van der Waals surface area contributed by atoms with E-state index in [1.807, 2.05) is 6.20 Å². The van der Waals surface area contributed by atoms with Crippen molar-refractivity contribution in [2.24, 2.45) is 11.8 Å². The van der Waals surface area contributed by atoms with Gasteiger partial charge in [-0.3, -0.25) is 14.7 Å². The monoisotopic (exact) mass is 481 g/mol. The van der Waals surface area contributed by atoms with Gasteiger partial charge >= 0.3 is 0 Å². The molecule has 1 amide bonds. The molecule has 1 N–H and O–H groups in total. The fraction of sp³-hybridized carbons (Fsp3) is 0.500. The summed E-state index contributed by atoms with van der Waals surface area (Å²) in [7, 11) is 0. The van der Waals surface area contributed by atoms with Crippen molar-refractivity contribution in [3.63, 3.8) is 0 Å². The van der Waals surface area contributed by atoms with Crippen molar-refractivity contribution >= 4 is 16.8 Å². The van der Waals surface area contributed by atoms with E-state index in [0.717, 1.165) is 61.5 Å². The van der Waals surface area contributed by atoms with Gasteiger partial charge in [0.15, 0.2) is 0 Å². The Balaban J connectivity index is 1.40. The van der Waals surface area contributed by atoms with Crippen LogP contribution in [0.1, 0.15) is 75.5 Å². The Bertz CT molecular complexity index is 1200. The van der Waals surface area contributed by atoms with Gasteiger partial charge < -0.3 is 5.32 Å². The maximum Gasteiger partial charge on any atom is 0.231 e. The van der Waals surface area contributed by atoms with Crippen LogP contribution in [0.3, 0.4) is 0 Å². The molecule has 3 aromatic rings. The number of pyridine rings is 1. The first-order valence-electron chi connectivity index (χ1n) is 14.1. The van der Waals surface area contributed by atoms with Gasteiger partial charge in [0.25, 0.3) is 0 Å². The molecule has 4 fully saturated rings. The second-order valence-electron chi connectivity index (χ2n) is 11.4. The van der Waals surface area contributed by atoms with E-state index in [0.29, 0.717) is 6.04 Å². The van der Waals surface area contributed by atoms with Gasteiger partial charge in [0.2, 0.25) is 5.91 Å². The zero-order chi connectivity index (χ0) is 24.5. The number of carbonyl (C=O) groups excluding carboxylic acids is 1. The molecule has 1 aromatic heterocycles. The molecular formula is C32H39N3O. The molecule has 36 heavy (non-hydrogen) atoms. The molecule has 3 saturated heterocycles.